The Morgan fingerprint density at radius 1 is 1.00 bits per heavy atom. The van der Waals surface area contributed by atoms with Crippen molar-refractivity contribution in [3.8, 4) is 11.1 Å². The van der Waals surface area contributed by atoms with E-state index < -0.39 is 0 Å². The number of fused-ring (bicyclic) bond motifs is 1. The van der Waals surface area contributed by atoms with Gasteiger partial charge in [-0.3, -0.25) is 4.98 Å². The minimum absolute atomic E-state index is 0.175. The summed E-state index contributed by atoms with van der Waals surface area (Å²) in [5.74, 6) is 0.156. The fourth-order valence-electron chi connectivity index (χ4n) is 2.36. The van der Waals surface area contributed by atoms with Crippen LogP contribution in [0.2, 0.25) is 0 Å². The molecule has 1 heterocycles. The minimum Gasteiger partial charge on any atom is -0.256 e. The third kappa shape index (κ3) is 2.29. The van der Waals surface area contributed by atoms with Crippen molar-refractivity contribution in [2.24, 2.45) is 0 Å². The lowest BCUT2D eigenvalue weighted by Crippen LogP contribution is -1.91. The second kappa shape index (κ2) is 5.04. The molecule has 100 valence electrons. The van der Waals surface area contributed by atoms with Crippen LogP contribution in [0.3, 0.4) is 0 Å². The third-order valence-corrected chi connectivity index (χ3v) is 3.58. The molecule has 0 saturated carbocycles. The van der Waals surface area contributed by atoms with Crippen molar-refractivity contribution in [2.45, 2.75) is 19.8 Å². The summed E-state index contributed by atoms with van der Waals surface area (Å²) in [5, 5.41) is 1.07. The van der Waals surface area contributed by atoms with Gasteiger partial charge in [-0.2, -0.15) is 0 Å². The number of benzene rings is 2. The number of hydrogen-bond acceptors (Lipinski definition) is 1. The van der Waals surface area contributed by atoms with Crippen LogP contribution in [0.25, 0.3) is 22.0 Å². The first-order valence-corrected chi connectivity index (χ1v) is 6.80. The average molecular weight is 265 g/mol. The Morgan fingerprint density at radius 2 is 1.85 bits per heavy atom. The Morgan fingerprint density at radius 3 is 2.60 bits per heavy atom. The lowest BCUT2D eigenvalue weighted by molar-refractivity contribution is 0.627. The summed E-state index contributed by atoms with van der Waals surface area (Å²) in [7, 11) is 0. The molecule has 0 radical (unpaired) electrons. The summed E-state index contributed by atoms with van der Waals surface area (Å²) in [6.45, 7) is 4.13. The van der Waals surface area contributed by atoms with Gasteiger partial charge in [-0.15, -0.1) is 0 Å². The number of pyridine rings is 1. The van der Waals surface area contributed by atoms with E-state index in [1.807, 2.05) is 42.5 Å². The summed E-state index contributed by atoms with van der Waals surface area (Å²) < 4.78 is 14.3. The van der Waals surface area contributed by atoms with Gasteiger partial charge in [0.05, 0.1) is 5.52 Å². The van der Waals surface area contributed by atoms with Crippen LogP contribution in [0.1, 0.15) is 25.3 Å². The van der Waals surface area contributed by atoms with Gasteiger partial charge < -0.3 is 0 Å². The lowest BCUT2D eigenvalue weighted by atomic mass is 9.97. The molecule has 1 nitrogen and oxygen atoms in total. The number of nitrogens with zero attached hydrogens (tertiary/aromatic N) is 1. The molecule has 0 spiro atoms. The van der Waals surface area contributed by atoms with E-state index in [0.717, 1.165) is 22.0 Å². The Labute approximate surface area is 118 Å². The Bertz CT molecular complexity index is 762. The van der Waals surface area contributed by atoms with E-state index in [4.69, 9.17) is 0 Å². The lowest BCUT2D eigenvalue weighted by Gasteiger charge is -2.09. The van der Waals surface area contributed by atoms with Crippen LogP contribution in [0, 0.1) is 5.82 Å². The molecule has 0 saturated heterocycles. The molecule has 0 N–H and O–H groups in total. The first-order chi connectivity index (χ1) is 9.65. The minimum atomic E-state index is -0.175. The number of hydrogen-bond donors (Lipinski definition) is 0. The molecule has 0 aliphatic carbocycles. The molecule has 2 aromatic carbocycles. The largest absolute Gasteiger partial charge is 0.256 e. The predicted octanol–water partition coefficient (Wildman–Crippen LogP) is 5.16. The van der Waals surface area contributed by atoms with E-state index in [0.29, 0.717) is 11.5 Å². The zero-order valence-electron chi connectivity index (χ0n) is 11.6. The average Bonchev–Trinajstić information content (AvgIpc) is 2.46. The molecule has 1 aromatic heterocycles. The molecular weight excluding hydrogens is 249 g/mol. The van der Waals surface area contributed by atoms with Gasteiger partial charge in [0.1, 0.15) is 5.82 Å². The normalized spacial score (nSPS) is 11.2. The molecule has 2 heteroatoms. The molecule has 20 heavy (non-hydrogen) atoms. The molecular formula is C18H16FN. The van der Waals surface area contributed by atoms with Gasteiger partial charge in [0.2, 0.25) is 0 Å². The van der Waals surface area contributed by atoms with Crippen molar-refractivity contribution in [2.75, 3.05) is 0 Å². The highest BCUT2D eigenvalue weighted by Crippen LogP contribution is 2.28. The molecule has 3 rings (SSSR count). The van der Waals surface area contributed by atoms with E-state index in [1.54, 1.807) is 12.3 Å². The predicted molar refractivity (Wildman–Crippen MR) is 81.2 cm³/mol. The van der Waals surface area contributed by atoms with Crippen LogP contribution in [-0.4, -0.2) is 4.98 Å². The molecule has 0 unspecified atom stereocenters. The molecule has 0 fully saturated rings. The van der Waals surface area contributed by atoms with E-state index in [-0.39, 0.29) is 5.82 Å². The van der Waals surface area contributed by atoms with Gasteiger partial charge in [0.15, 0.2) is 0 Å². The van der Waals surface area contributed by atoms with Crippen LogP contribution < -0.4 is 0 Å². The van der Waals surface area contributed by atoms with Gasteiger partial charge in [0, 0.05) is 17.1 Å². The van der Waals surface area contributed by atoms with E-state index in [2.05, 4.69) is 18.8 Å². The van der Waals surface area contributed by atoms with Crippen LogP contribution in [0.4, 0.5) is 4.39 Å². The first-order valence-electron chi connectivity index (χ1n) is 6.80. The highest BCUT2D eigenvalue weighted by atomic mass is 19.1. The molecule has 0 atom stereocenters. The second-order valence-electron chi connectivity index (χ2n) is 5.30. The fraction of sp³-hybridized carbons (Fsp3) is 0.167. The van der Waals surface area contributed by atoms with E-state index in [1.165, 1.54) is 0 Å². The van der Waals surface area contributed by atoms with Crippen molar-refractivity contribution in [3.63, 3.8) is 0 Å². The van der Waals surface area contributed by atoms with Gasteiger partial charge >= 0.3 is 0 Å². The van der Waals surface area contributed by atoms with Crippen LogP contribution >= 0.6 is 0 Å². The number of halogens is 1. The van der Waals surface area contributed by atoms with E-state index >= 15 is 0 Å². The first kappa shape index (κ1) is 12.8. The van der Waals surface area contributed by atoms with Gasteiger partial charge in [0.25, 0.3) is 0 Å². The van der Waals surface area contributed by atoms with Crippen LogP contribution in [0.5, 0.6) is 0 Å². The van der Waals surface area contributed by atoms with Gasteiger partial charge in [-0.05, 0) is 35.2 Å². The zero-order chi connectivity index (χ0) is 14.1. The van der Waals surface area contributed by atoms with E-state index in [9.17, 15) is 4.39 Å². The molecule has 0 amide bonds. The zero-order valence-corrected chi connectivity index (χ0v) is 11.6. The second-order valence-corrected chi connectivity index (χ2v) is 5.30. The van der Waals surface area contributed by atoms with Crippen LogP contribution in [0.15, 0.2) is 54.7 Å². The fourth-order valence-corrected chi connectivity index (χ4v) is 2.36. The Hall–Kier alpha value is -2.22. The highest BCUT2D eigenvalue weighted by Gasteiger charge is 2.08. The van der Waals surface area contributed by atoms with Crippen molar-refractivity contribution < 1.29 is 4.39 Å². The maximum Gasteiger partial charge on any atom is 0.131 e. The van der Waals surface area contributed by atoms with Gasteiger partial charge in [-0.25, -0.2) is 4.39 Å². The monoisotopic (exact) mass is 265 g/mol. The molecule has 3 aromatic rings. The summed E-state index contributed by atoms with van der Waals surface area (Å²) >= 11 is 0. The van der Waals surface area contributed by atoms with Crippen molar-refractivity contribution in [1.82, 2.24) is 4.98 Å². The third-order valence-electron chi connectivity index (χ3n) is 3.58. The quantitative estimate of drug-likeness (QED) is 0.623. The highest BCUT2D eigenvalue weighted by molar-refractivity contribution is 5.84. The number of rotatable bonds is 2. The SMILES string of the molecule is CC(C)c1ccc(-c2ccc3cccnc3c2)c(F)c1. The smallest absolute Gasteiger partial charge is 0.131 e. The standard InChI is InChI=1S/C18H16FN/c1-12(2)14-7-8-16(17(19)10-14)15-6-5-13-4-3-9-20-18(13)11-15/h3-12H,1-2H3. The maximum atomic E-state index is 14.3. The Kier molecular flexibility index (Phi) is 3.23. The summed E-state index contributed by atoms with van der Waals surface area (Å²) in [6.07, 6.45) is 1.75. The maximum absolute atomic E-state index is 14.3. The topological polar surface area (TPSA) is 12.9 Å². The van der Waals surface area contributed by atoms with Crippen LogP contribution in [-0.2, 0) is 0 Å². The summed E-state index contributed by atoms with van der Waals surface area (Å²) in [6, 6.07) is 15.2. The van der Waals surface area contributed by atoms with Gasteiger partial charge in [-0.1, -0.05) is 44.2 Å². The van der Waals surface area contributed by atoms with Crippen molar-refractivity contribution in [1.29, 1.82) is 0 Å². The number of aromatic nitrogens is 1. The van der Waals surface area contributed by atoms with Crippen molar-refractivity contribution in [3.05, 3.63) is 66.1 Å². The summed E-state index contributed by atoms with van der Waals surface area (Å²) in [5.41, 5.74) is 3.40. The Balaban J connectivity index is 2.10. The van der Waals surface area contributed by atoms with Crippen molar-refractivity contribution >= 4 is 10.9 Å². The molecule has 0 bridgehead atoms. The molecule has 0 aliphatic heterocycles. The summed E-state index contributed by atoms with van der Waals surface area (Å²) in [4.78, 5) is 4.32. The molecule has 0 aliphatic rings.